The van der Waals surface area contributed by atoms with Crippen molar-refractivity contribution < 1.29 is 23.5 Å². The minimum Gasteiger partial charge on any atom is -0.493 e. The third-order valence-electron chi connectivity index (χ3n) is 3.96. The van der Waals surface area contributed by atoms with Gasteiger partial charge in [0.15, 0.2) is 11.5 Å². The van der Waals surface area contributed by atoms with Crippen LogP contribution in [-0.4, -0.2) is 32.1 Å². The molecular weight excluding hydrogens is 348 g/mol. The maximum absolute atomic E-state index is 12.7. The molecule has 0 fully saturated rings. The van der Waals surface area contributed by atoms with Crippen LogP contribution in [-0.2, 0) is 4.79 Å². The van der Waals surface area contributed by atoms with Gasteiger partial charge in [0.2, 0.25) is 0 Å². The highest BCUT2D eigenvalue weighted by Crippen LogP contribution is 2.27. The topological polar surface area (TPSA) is 89.8 Å². The predicted molar refractivity (Wildman–Crippen MR) is 102 cm³/mol. The molecule has 0 radical (unpaired) electrons. The fraction of sp³-hybridized carbons (Fsp3) is 0.300. The second-order valence-electron chi connectivity index (χ2n) is 5.88. The van der Waals surface area contributed by atoms with Crippen molar-refractivity contribution in [1.29, 1.82) is 0 Å². The molecule has 7 nitrogen and oxygen atoms in total. The summed E-state index contributed by atoms with van der Waals surface area (Å²) in [5.41, 5.74) is 0.416. The standard InChI is InChI=1S/C20H24N2O5/c1-5-13(2)21-20(24)16(12-15-7-6-10-27-15)22-19(23)14-8-9-17(25-3)18(11-14)26-4/h6-13H,5H2,1-4H3,(H,21,24)(H,22,23)/b16-12-/t13-/m1/s1. The van der Waals surface area contributed by atoms with Gasteiger partial charge in [-0.2, -0.15) is 0 Å². The van der Waals surface area contributed by atoms with Gasteiger partial charge in [0, 0.05) is 17.7 Å². The molecule has 1 aromatic carbocycles. The molecular formula is C20H24N2O5. The zero-order chi connectivity index (χ0) is 19.8. The Hall–Kier alpha value is -3.22. The molecule has 1 atom stereocenters. The zero-order valence-electron chi connectivity index (χ0n) is 15.9. The van der Waals surface area contributed by atoms with Crippen LogP contribution < -0.4 is 20.1 Å². The van der Waals surface area contributed by atoms with Crippen LogP contribution in [0.25, 0.3) is 6.08 Å². The molecule has 0 saturated carbocycles. The van der Waals surface area contributed by atoms with Gasteiger partial charge in [-0.25, -0.2) is 0 Å². The number of carbonyl (C=O) groups excluding carboxylic acids is 2. The van der Waals surface area contributed by atoms with E-state index in [0.29, 0.717) is 22.8 Å². The second kappa shape index (κ2) is 9.47. The molecule has 0 aliphatic rings. The number of nitrogens with one attached hydrogen (secondary N) is 2. The Balaban J connectivity index is 2.26. The third-order valence-corrected chi connectivity index (χ3v) is 3.96. The van der Waals surface area contributed by atoms with E-state index >= 15 is 0 Å². The van der Waals surface area contributed by atoms with E-state index in [1.165, 1.54) is 26.6 Å². The Morgan fingerprint density at radius 3 is 2.52 bits per heavy atom. The van der Waals surface area contributed by atoms with E-state index in [9.17, 15) is 9.59 Å². The summed E-state index contributed by atoms with van der Waals surface area (Å²) < 4.78 is 15.6. The third kappa shape index (κ3) is 5.37. The van der Waals surface area contributed by atoms with Crippen LogP contribution in [0.3, 0.4) is 0 Å². The summed E-state index contributed by atoms with van der Waals surface area (Å²) >= 11 is 0. The first kappa shape index (κ1) is 20.1. The fourth-order valence-electron chi connectivity index (χ4n) is 2.25. The minimum absolute atomic E-state index is 0.0320. The largest absolute Gasteiger partial charge is 0.493 e. The summed E-state index contributed by atoms with van der Waals surface area (Å²) in [5, 5.41) is 5.47. The monoisotopic (exact) mass is 372 g/mol. The molecule has 7 heteroatoms. The first-order chi connectivity index (χ1) is 13.0. The lowest BCUT2D eigenvalue weighted by atomic mass is 10.1. The SMILES string of the molecule is CC[C@@H](C)NC(=O)/C(=C/c1ccco1)NC(=O)c1ccc(OC)c(OC)c1. The molecule has 0 saturated heterocycles. The number of benzene rings is 1. The van der Waals surface area contributed by atoms with Crippen molar-refractivity contribution in [3.05, 3.63) is 53.6 Å². The van der Waals surface area contributed by atoms with Gasteiger partial charge in [0.05, 0.1) is 20.5 Å². The van der Waals surface area contributed by atoms with E-state index in [-0.39, 0.29) is 11.7 Å². The van der Waals surface area contributed by atoms with Gasteiger partial charge in [-0.05, 0) is 43.7 Å². The average molecular weight is 372 g/mol. The summed E-state index contributed by atoms with van der Waals surface area (Å²) in [6.45, 7) is 3.85. The number of hydrogen-bond acceptors (Lipinski definition) is 5. The molecule has 0 aliphatic carbocycles. The molecule has 2 rings (SSSR count). The van der Waals surface area contributed by atoms with Crippen LogP contribution in [0.2, 0.25) is 0 Å². The molecule has 0 spiro atoms. The Morgan fingerprint density at radius 1 is 1.19 bits per heavy atom. The summed E-state index contributed by atoms with van der Waals surface area (Å²) in [7, 11) is 3.00. The van der Waals surface area contributed by atoms with Crippen LogP contribution in [0.1, 0.15) is 36.4 Å². The number of ether oxygens (including phenoxy) is 2. The number of methoxy groups -OCH3 is 2. The van der Waals surface area contributed by atoms with Crippen LogP contribution >= 0.6 is 0 Å². The van der Waals surface area contributed by atoms with Crippen LogP contribution in [0.4, 0.5) is 0 Å². The van der Waals surface area contributed by atoms with Crippen molar-refractivity contribution >= 4 is 17.9 Å². The van der Waals surface area contributed by atoms with Crippen molar-refractivity contribution in [2.24, 2.45) is 0 Å². The first-order valence-corrected chi connectivity index (χ1v) is 8.57. The van der Waals surface area contributed by atoms with Crippen molar-refractivity contribution in [2.75, 3.05) is 14.2 Å². The first-order valence-electron chi connectivity index (χ1n) is 8.57. The molecule has 2 amide bonds. The molecule has 2 aromatic rings. The maximum atomic E-state index is 12.7. The van der Waals surface area contributed by atoms with E-state index in [1.54, 1.807) is 30.3 Å². The van der Waals surface area contributed by atoms with E-state index in [0.717, 1.165) is 6.42 Å². The van der Waals surface area contributed by atoms with Gasteiger partial charge in [0.1, 0.15) is 11.5 Å². The molecule has 0 aliphatic heterocycles. The lowest BCUT2D eigenvalue weighted by Crippen LogP contribution is -2.39. The van der Waals surface area contributed by atoms with Gasteiger partial charge >= 0.3 is 0 Å². The highest BCUT2D eigenvalue weighted by Gasteiger charge is 2.18. The van der Waals surface area contributed by atoms with E-state index in [2.05, 4.69) is 10.6 Å². The van der Waals surface area contributed by atoms with Crippen molar-refractivity contribution in [3.63, 3.8) is 0 Å². The Labute approximate surface area is 158 Å². The van der Waals surface area contributed by atoms with Gasteiger partial charge in [-0.3, -0.25) is 9.59 Å². The van der Waals surface area contributed by atoms with Gasteiger partial charge < -0.3 is 24.5 Å². The molecule has 27 heavy (non-hydrogen) atoms. The molecule has 1 heterocycles. The number of furan rings is 1. The molecule has 0 bridgehead atoms. The summed E-state index contributed by atoms with van der Waals surface area (Å²) in [5.74, 6) is 0.542. The normalized spacial score (nSPS) is 12.2. The molecule has 1 aromatic heterocycles. The number of amides is 2. The lowest BCUT2D eigenvalue weighted by molar-refractivity contribution is -0.118. The van der Waals surface area contributed by atoms with Crippen molar-refractivity contribution in [3.8, 4) is 11.5 Å². The molecule has 2 N–H and O–H groups in total. The minimum atomic E-state index is -0.451. The van der Waals surface area contributed by atoms with Crippen LogP contribution in [0.15, 0.2) is 46.7 Å². The van der Waals surface area contributed by atoms with Crippen LogP contribution in [0, 0.1) is 0 Å². The quantitative estimate of drug-likeness (QED) is 0.696. The number of rotatable bonds is 8. The smallest absolute Gasteiger partial charge is 0.268 e. The van der Waals surface area contributed by atoms with E-state index < -0.39 is 11.8 Å². The predicted octanol–water partition coefficient (Wildman–Crippen LogP) is 2.98. The summed E-state index contributed by atoms with van der Waals surface area (Å²) in [6.07, 6.45) is 3.74. The van der Waals surface area contributed by atoms with Crippen LogP contribution in [0.5, 0.6) is 11.5 Å². The molecule has 144 valence electrons. The summed E-state index contributed by atoms with van der Waals surface area (Å²) in [4.78, 5) is 25.2. The van der Waals surface area contributed by atoms with Crippen molar-refractivity contribution in [1.82, 2.24) is 10.6 Å². The summed E-state index contributed by atoms with van der Waals surface area (Å²) in [6, 6.07) is 8.13. The Kier molecular flexibility index (Phi) is 7.05. The lowest BCUT2D eigenvalue weighted by Gasteiger charge is -2.15. The Morgan fingerprint density at radius 2 is 1.93 bits per heavy atom. The second-order valence-corrected chi connectivity index (χ2v) is 5.88. The Bertz CT molecular complexity index is 812. The van der Waals surface area contributed by atoms with E-state index in [4.69, 9.17) is 13.9 Å². The average Bonchev–Trinajstić information content (AvgIpc) is 3.19. The zero-order valence-corrected chi connectivity index (χ0v) is 15.9. The van der Waals surface area contributed by atoms with Gasteiger partial charge in [-0.15, -0.1) is 0 Å². The number of hydrogen-bond donors (Lipinski definition) is 2. The highest BCUT2D eigenvalue weighted by molar-refractivity contribution is 6.05. The van der Waals surface area contributed by atoms with E-state index in [1.807, 2.05) is 13.8 Å². The maximum Gasteiger partial charge on any atom is 0.268 e. The van der Waals surface area contributed by atoms with Crippen molar-refractivity contribution in [2.45, 2.75) is 26.3 Å². The van der Waals surface area contributed by atoms with Gasteiger partial charge in [-0.1, -0.05) is 6.92 Å². The fourth-order valence-corrected chi connectivity index (χ4v) is 2.25. The highest BCUT2D eigenvalue weighted by atomic mass is 16.5. The van der Waals surface area contributed by atoms with Gasteiger partial charge in [0.25, 0.3) is 11.8 Å². The number of carbonyl (C=O) groups is 2. The molecule has 0 unspecified atom stereocenters.